The van der Waals surface area contributed by atoms with Crippen LogP contribution in [0.4, 0.5) is 0 Å². The second-order valence-electron chi connectivity index (χ2n) is 10.5. The van der Waals surface area contributed by atoms with Gasteiger partial charge in [-0.05, 0) is 28.5 Å². The van der Waals surface area contributed by atoms with Gasteiger partial charge in [0.05, 0.1) is 13.2 Å². The van der Waals surface area contributed by atoms with Gasteiger partial charge in [-0.25, -0.2) is 0 Å². The maximum Gasteiger partial charge on any atom is 0.255 e. The Balaban J connectivity index is 1.28. The number of piperidine rings is 1. The molecule has 188 valence electrons. The molecule has 9 nitrogen and oxygen atoms in total. The minimum atomic E-state index is -0.728. The minimum Gasteiger partial charge on any atom is -0.489 e. The molecule has 5 rings (SSSR count). The number of hydrogen-bond donors (Lipinski definition) is 0. The molecular weight excluding hydrogens is 471 g/mol. The van der Waals surface area contributed by atoms with Crippen LogP contribution in [0.5, 0.6) is 5.75 Å². The fourth-order valence-electron chi connectivity index (χ4n) is 5.31. The highest BCUT2D eigenvalue weighted by Crippen LogP contribution is 2.41. The van der Waals surface area contributed by atoms with Crippen LogP contribution in [-0.2, 0) is 38.8 Å². The summed E-state index contributed by atoms with van der Waals surface area (Å²) in [5, 5.41) is -0.674. The number of nitrogens with zero attached hydrogens (tertiary/aromatic N) is 3. The molecule has 0 radical (unpaired) electrons. The molecule has 3 heterocycles. The fourth-order valence-corrected chi connectivity index (χ4v) is 5.31. The third kappa shape index (κ3) is 4.77. The van der Waals surface area contributed by atoms with Crippen LogP contribution in [0.1, 0.15) is 33.5 Å². The first-order chi connectivity index (χ1) is 17.7. The third-order valence-corrected chi connectivity index (χ3v) is 7.42. The zero-order chi connectivity index (χ0) is 26.3. The van der Waals surface area contributed by atoms with E-state index in [0.29, 0.717) is 37.6 Å². The molecule has 3 aliphatic rings. The number of amides is 4. The van der Waals surface area contributed by atoms with E-state index in [0.717, 1.165) is 21.5 Å². The molecule has 1 unspecified atom stereocenters. The van der Waals surface area contributed by atoms with Crippen LogP contribution in [0.2, 0.25) is 5.21 Å². The van der Waals surface area contributed by atoms with Gasteiger partial charge >= 0.3 is 0 Å². The van der Waals surface area contributed by atoms with E-state index in [-0.39, 0.29) is 43.2 Å². The fraction of sp³-hybridized carbons (Fsp3) is 0.360. The predicted molar refractivity (Wildman–Crippen MR) is 142 cm³/mol. The van der Waals surface area contributed by atoms with Gasteiger partial charge in [-0.1, -0.05) is 30.3 Å². The number of hydrogen-bond acceptors (Lipinski definition) is 6. The first-order valence-electron chi connectivity index (χ1n) is 12.4. The topological polar surface area (TPSA) is 96.5 Å². The number of rotatable bonds is 6. The van der Waals surface area contributed by atoms with Crippen LogP contribution < -0.4 is 4.74 Å². The van der Waals surface area contributed by atoms with E-state index in [1.54, 1.807) is 21.9 Å². The Morgan fingerprint density at radius 2 is 1.73 bits per heavy atom. The number of fused-ring (bicyclic) bond motifs is 1. The predicted octanol–water partition coefficient (Wildman–Crippen LogP) is -1.36. The Morgan fingerprint density at radius 1 is 1.00 bits per heavy atom. The highest BCUT2D eigenvalue weighted by atomic mass is 16.5. The first kappa shape index (κ1) is 25.1. The molecule has 0 aliphatic carbocycles. The van der Waals surface area contributed by atoms with Gasteiger partial charge in [-0.15, -0.1) is 0 Å². The first-order valence-corrected chi connectivity index (χ1v) is 12.4. The van der Waals surface area contributed by atoms with Gasteiger partial charge in [0.2, 0.25) is 25.7 Å². The van der Waals surface area contributed by atoms with E-state index >= 15 is 0 Å². The summed E-state index contributed by atoms with van der Waals surface area (Å²) in [4.78, 5) is 55.1. The molecule has 1 atom stereocenters. The lowest BCUT2D eigenvalue weighted by Gasteiger charge is -2.45. The number of carbonyl (C=O) groups excluding carboxylic acids is 4. The van der Waals surface area contributed by atoms with Crippen LogP contribution in [0.15, 0.2) is 42.5 Å². The van der Waals surface area contributed by atoms with Gasteiger partial charge in [0.25, 0.3) is 5.91 Å². The summed E-state index contributed by atoms with van der Waals surface area (Å²) in [7, 11) is 5.18. The van der Waals surface area contributed by atoms with Crippen molar-refractivity contribution in [1.29, 1.82) is 0 Å². The van der Waals surface area contributed by atoms with Crippen molar-refractivity contribution in [2.24, 2.45) is 0 Å². The van der Waals surface area contributed by atoms with Gasteiger partial charge in [0, 0.05) is 30.6 Å². The van der Waals surface area contributed by atoms with Crippen molar-refractivity contribution in [2.45, 2.75) is 37.4 Å². The zero-order valence-electron chi connectivity index (χ0n) is 21.4. The smallest absolute Gasteiger partial charge is 0.255 e. The molecular formula is C25H28B3N3O6. The van der Waals surface area contributed by atoms with Crippen LogP contribution in [0.3, 0.4) is 0 Å². The number of ether oxygens (including phenoxy) is 2. The lowest BCUT2D eigenvalue weighted by Crippen LogP contribution is -2.60. The van der Waals surface area contributed by atoms with E-state index in [1.807, 2.05) is 46.0 Å². The summed E-state index contributed by atoms with van der Waals surface area (Å²) in [6.07, 6.45) is 0.194. The Hall–Kier alpha value is -3.53. The summed E-state index contributed by atoms with van der Waals surface area (Å²) in [6, 6.07) is 12.5. The van der Waals surface area contributed by atoms with Gasteiger partial charge in [0.15, 0.2) is 0 Å². The maximum atomic E-state index is 13.3. The van der Waals surface area contributed by atoms with Gasteiger partial charge in [0.1, 0.15) is 40.7 Å². The van der Waals surface area contributed by atoms with Gasteiger partial charge < -0.3 is 24.1 Å². The minimum absolute atomic E-state index is 0.00302. The largest absolute Gasteiger partial charge is 0.489 e. The normalized spacial score (nSPS) is 21.4. The number of benzene rings is 2. The summed E-state index contributed by atoms with van der Waals surface area (Å²) in [6.45, 7) is 2.39. The van der Waals surface area contributed by atoms with Crippen molar-refractivity contribution in [3.05, 3.63) is 64.7 Å². The highest BCUT2D eigenvalue weighted by molar-refractivity contribution is 6.45. The molecule has 37 heavy (non-hydrogen) atoms. The highest BCUT2D eigenvalue weighted by Gasteiger charge is 2.50. The average Bonchev–Trinajstić information content (AvgIpc) is 3.19. The van der Waals surface area contributed by atoms with Gasteiger partial charge in [-0.3, -0.25) is 19.2 Å². The molecule has 2 aromatic carbocycles. The van der Waals surface area contributed by atoms with Gasteiger partial charge in [-0.2, -0.15) is 0 Å². The van der Waals surface area contributed by atoms with Crippen LogP contribution in [0, 0.1) is 0 Å². The van der Waals surface area contributed by atoms with E-state index in [4.69, 9.17) is 9.47 Å². The summed E-state index contributed by atoms with van der Waals surface area (Å²) < 4.78 is 11.3. The molecule has 12 heteroatoms. The molecule has 3 aliphatic heterocycles. The molecule has 0 spiro atoms. The van der Waals surface area contributed by atoms with E-state index in [9.17, 15) is 19.2 Å². The molecule has 4 amide bonds. The molecule has 2 aromatic rings. The number of carbonyl (C=O) groups is 4. The van der Waals surface area contributed by atoms with E-state index < -0.39 is 11.3 Å². The van der Waals surface area contributed by atoms with Crippen molar-refractivity contribution in [3.63, 3.8) is 0 Å². The van der Waals surface area contributed by atoms with Crippen LogP contribution >= 0.6 is 0 Å². The molecule has 0 aromatic heterocycles. The zero-order valence-corrected chi connectivity index (χ0v) is 21.4. The van der Waals surface area contributed by atoms with Crippen molar-refractivity contribution in [3.8, 4) is 5.75 Å². The second kappa shape index (κ2) is 9.74. The molecule has 0 saturated carbocycles. The summed E-state index contributed by atoms with van der Waals surface area (Å²) in [5.74, 6) is -0.221. The van der Waals surface area contributed by atoms with Crippen molar-refractivity contribution < 1.29 is 28.7 Å². The molecule has 2 fully saturated rings. The van der Waals surface area contributed by atoms with Crippen molar-refractivity contribution in [2.75, 3.05) is 19.8 Å². The monoisotopic (exact) mass is 499 g/mol. The summed E-state index contributed by atoms with van der Waals surface area (Å²) >= 11 is 0. The lowest BCUT2D eigenvalue weighted by molar-refractivity contribution is -0.146. The third-order valence-electron chi connectivity index (χ3n) is 7.42. The second-order valence-corrected chi connectivity index (χ2v) is 10.5. The number of imide groups is 1. The van der Waals surface area contributed by atoms with Crippen molar-refractivity contribution in [1.82, 2.24) is 14.6 Å². The van der Waals surface area contributed by atoms with Crippen LogP contribution in [0.25, 0.3) is 0 Å². The standard InChI is InChI=1S/C25H28B3N3O6/c26-25(27)10-20(32)31(28)24(35)22(25)30-12-18-17(23(30)34)2-1-3-19(18)37-13-16-6-4-15(5-7-16)11-29-8-9-36-14-21(29)33/h1-7,22H,8-14,26-28H2. The lowest BCUT2D eigenvalue weighted by atomic mass is 9.47. The Kier molecular flexibility index (Phi) is 6.62. The number of morpholine rings is 1. The Morgan fingerprint density at radius 3 is 2.46 bits per heavy atom. The van der Waals surface area contributed by atoms with Crippen LogP contribution in [-0.4, -0.2) is 87.7 Å². The van der Waals surface area contributed by atoms with Crippen molar-refractivity contribution >= 4 is 47.3 Å². The molecule has 2 saturated heterocycles. The van der Waals surface area contributed by atoms with E-state index in [1.165, 1.54) is 7.98 Å². The Labute approximate surface area is 218 Å². The molecule has 0 N–H and O–H groups in total. The molecule has 0 bridgehead atoms. The maximum absolute atomic E-state index is 13.3. The average molecular weight is 499 g/mol. The van der Waals surface area contributed by atoms with E-state index in [2.05, 4.69) is 0 Å². The quantitative estimate of drug-likeness (QED) is 0.360. The summed E-state index contributed by atoms with van der Waals surface area (Å²) in [5.41, 5.74) is 3.26. The Bertz CT molecular complexity index is 1270. The SMILES string of the molecule is BN1C(=O)CC(B)(B)C(N2Cc3c(OCc4ccc(CN5CCOCC5=O)cc4)cccc3C2=O)C1=O.